The summed E-state index contributed by atoms with van der Waals surface area (Å²) in [6.45, 7) is 6.54. The van der Waals surface area contributed by atoms with Crippen molar-refractivity contribution >= 4 is 40.3 Å². The highest BCUT2D eigenvalue weighted by atomic mass is 35.5. The highest BCUT2D eigenvalue weighted by molar-refractivity contribution is 6.35. The van der Waals surface area contributed by atoms with Crippen molar-refractivity contribution in [2.45, 2.75) is 45.7 Å². The van der Waals surface area contributed by atoms with Gasteiger partial charge in [-0.3, -0.25) is 4.79 Å². The zero-order chi connectivity index (χ0) is 27.7. The number of hydrogen-bond donors (Lipinski definition) is 3. The molecule has 3 heterocycles. The number of carbonyl (C=O) groups is 2. The van der Waals surface area contributed by atoms with Crippen LogP contribution in [-0.4, -0.2) is 55.5 Å². The van der Waals surface area contributed by atoms with Crippen molar-refractivity contribution in [1.82, 2.24) is 19.9 Å². The predicted molar refractivity (Wildman–Crippen MR) is 150 cm³/mol. The average molecular weight is 548 g/mol. The minimum absolute atomic E-state index is 0.0289. The van der Waals surface area contributed by atoms with Gasteiger partial charge in [-0.05, 0) is 42.5 Å². The third-order valence-corrected chi connectivity index (χ3v) is 7.38. The van der Waals surface area contributed by atoms with Gasteiger partial charge in [-0.15, -0.1) is 0 Å². The fraction of sp³-hybridized carbons (Fsp3) is 0.310. The van der Waals surface area contributed by atoms with E-state index in [0.717, 1.165) is 0 Å². The van der Waals surface area contributed by atoms with Gasteiger partial charge in [0, 0.05) is 36.5 Å². The Bertz CT molecular complexity index is 1520. The van der Waals surface area contributed by atoms with Gasteiger partial charge in [0.25, 0.3) is 0 Å². The number of aromatic amines is 1. The minimum Gasteiger partial charge on any atom is -0.465 e. The smallest absolute Gasteiger partial charge is 0.407 e. The maximum atomic E-state index is 13.7. The van der Waals surface area contributed by atoms with Crippen molar-refractivity contribution in [1.29, 1.82) is 0 Å². The predicted octanol–water partition coefficient (Wildman–Crippen LogP) is 6.60. The summed E-state index contributed by atoms with van der Waals surface area (Å²) in [5, 5.41) is 14.0. The first-order valence-corrected chi connectivity index (χ1v) is 13.1. The number of nitrogens with zero attached hydrogens (tertiary/aromatic N) is 3. The van der Waals surface area contributed by atoms with Crippen LogP contribution < -0.4 is 10.1 Å². The van der Waals surface area contributed by atoms with Crippen molar-refractivity contribution in [3.05, 3.63) is 77.2 Å². The number of carbonyl (C=O) groups excluding carboxylic acids is 1. The van der Waals surface area contributed by atoms with E-state index in [1.165, 1.54) is 11.2 Å². The summed E-state index contributed by atoms with van der Waals surface area (Å²) in [6.07, 6.45) is 3.37. The second kappa shape index (κ2) is 10.6. The second-order valence-electron chi connectivity index (χ2n) is 10.8. The van der Waals surface area contributed by atoms with Gasteiger partial charge in [-0.25, -0.2) is 14.8 Å². The van der Waals surface area contributed by atoms with Gasteiger partial charge in [0.05, 0.1) is 16.0 Å². The van der Waals surface area contributed by atoms with E-state index in [1.54, 1.807) is 24.4 Å². The Balaban J connectivity index is 1.41. The van der Waals surface area contributed by atoms with E-state index >= 15 is 0 Å². The molecule has 2 aromatic heterocycles. The third-order valence-electron chi connectivity index (χ3n) is 7.07. The van der Waals surface area contributed by atoms with E-state index in [0.29, 0.717) is 58.9 Å². The van der Waals surface area contributed by atoms with Gasteiger partial charge >= 0.3 is 6.09 Å². The Labute approximate surface area is 231 Å². The number of hydrogen-bond acceptors (Lipinski definition) is 6. The van der Waals surface area contributed by atoms with E-state index in [1.807, 2.05) is 51.1 Å². The van der Waals surface area contributed by atoms with Crippen LogP contribution in [0.3, 0.4) is 0 Å². The molecule has 0 bridgehead atoms. The van der Waals surface area contributed by atoms with Crippen molar-refractivity contribution in [2.75, 3.05) is 11.9 Å². The highest BCUT2D eigenvalue weighted by Crippen LogP contribution is 2.35. The summed E-state index contributed by atoms with van der Waals surface area (Å²) in [5.74, 6) is 1.43. The zero-order valence-electron chi connectivity index (χ0n) is 21.9. The molecule has 1 fully saturated rings. The van der Waals surface area contributed by atoms with Gasteiger partial charge in [-0.2, -0.15) is 0 Å². The van der Waals surface area contributed by atoms with Gasteiger partial charge in [0.1, 0.15) is 29.3 Å². The standard InChI is InChI=1S/C29H30ClN5O4/c1-29(2,3)23-13-17(11-12-35(23)28(37)38)34-27-24-21(15-31-26(24)32-16-33-27)25(36)20-10-9-19(14-22(20)30)39-18-7-5-4-6-8-18/h4-10,14-17,23H,11-13H2,1-3H3,(H,37,38)(H2,31,32,33,34). The number of para-hydroxylation sites is 1. The Hall–Kier alpha value is -4.11. The molecule has 1 aliphatic rings. The maximum absolute atomic E-state index is 13.7. The number of H-pyrrole nitrogens is 1. The molecule has 0 saturated carbocycles. The molecule has 3 N–H and O–H groups in total. The highest BCUT2D eigenvalue weighted by Gasteiger charge is 2.39. The van der Waals surface area contributed by atoms with E-state index in [9.17, 15) is 14.7 Å². The number of fused-ring (bicyclic) bond motifs is 1. The second-order valence-corrected chi connectivity index (χ2v) is 11.2. The van der Waals surface area contributed by atoms with Crippen molar-refractivity contribution < 1.29 is 19.4 Å². The van der Waals surface area contributed by atoms with Crippen LogP contribution >= 0.6 is 11.6 Å². The van der Waals surface area contributed by atoms with Crippen LogP contribution in [-0.2, 0) is 0 Å². The van der Waals surface area contributed by atoms with Crippen LogP contribution in [0.25, 0.3) is 11.0 Å². The molecule has 4 aromatic rings. The summed E-state index contributed by atoms with van der Waals surface area (Å²) in [4.78, 5) is 38.8. The number of ether oxygens (including phenoxy) is 1. The Morgan fingerprint density at radius 3 is 2.56 bits per heavy atom. The Kier molecular flexibility index (Phi) is 7.18. The largest absolute Gasteiger partial charge is 0.465 e. The number of anilines is 1. The summed E-state index contributed by atoms with van der Waals surface area (Å²) in [7, 11) is 0. The lowest BCUT2D eigenvalue weighted by Gasteiger charge is -2.44. The molecule has 0 radical (unpaired) electrons. The van der Waals surface area contributed by atoms with Crippen LogP contribution in [0.2, 0.25) is 5.02 Å². The molecular formula is C29H30ClN5O4. The average Bonchev–Trinajstić information content (AvgIpc) is 3.34. The SMILES string of the molecule is CC(C)(C)C1CC(Nc2ncnc3[nH]cc(C(=O)c4ccc(Oc5ccccc5)cc4Cl)c23)CCN1C(=O)O. The van der Waals surface area contributed by atoms with Gasteiger partial charge in [0.2, 0.25) is 0 Å². The number of likely N-dealkylation sites (tertiary alicyclic amines) is 1. The monoisotopic (exact) mass is 547 g/mol. The number of benzene rings is 2. The number of rotatable bonds is 6. The molecule has 5 rings (SSSR count). The minimum atomic E-state index is -0.909. The number of piperidine rings is 1. The molecule has 39 heavy (non-hydrogen) atoms. The lowest BCUT2D eigenvalue weighted by molar-refractivity contribution is 0.0557. The molecule has 1 saturated heterocycles. The number of nitrogens with one attached hydrogen (secondary N) is 2. The number of aromatic nitrogens is 3. The molecule has 0 aliphatic carbocycles. The lowest BCUT2D eigenvalue weighted by Crippen LogP contribution is -2.54. The first kappa shape index (κ1) is 26.5. The van der Waals surface area contributed by atoms with Gasteiger partial charge in [0.15, 0.2) is 5.78 Å². The summed E-state index contributed by atoms with van der Waals surface area (Å²) < 4.78 is 5.84. The number of amides is 1. The molecule has 10 heteroatoms. The van der Waals surface area contributed by atoms with Crippen LogP contribution in [0.4, 0.5) is 10.6 Å². The van der Waals surface area contributed by atoms with Crippen molar-refractivity contribution in [2.24, 2.45) is 5.41 Å². The third kappa shape index (κ3) is 5.54. The van der Waals surface area contributed by atoms with Crippen molar-refractivity contribution in [3.63, 3.8) is 0 Å². The maximum Gasteiger partial charge on any atom is 0.407 e. The molecule has 202 valence electrons. The normalized spacial score (nSPS) is 17.7. The summed E-state index contributed by atoms with van der Waals surface area (Å²) in [6, 6.07) is 14.1. The fourth-order valence-electron chi connectivity index (χ4n) is 5.10. The first-order chi connectivity index (χ1) is 18.6. The van der Waals surface area contributed by atoms with Gasteiger partial charge < -0.3 is 25.0 Å². The van der Waals surface area contributed by atoms with Crippen LogP contribution in [0.1, 0.15) is 49.5 Å². The molecule has 2 unspecified atom stereocenters. The van der Waals surface area contributed by atoms with Crippen LogP contribution in [0, 0.1) is 5.41 Å². The van der Waals surface area contributed by atoms with Gasteiger partial charge in [-0.1, -0.05) is 50.6 Å². The quantitative estimate of drug-likeness (QED) is 0.232. The number of halogens is 1. The lowest BCUT2D eigenvalue weighted by atomic mass is 9.79. The molecule has 9 nitrogen and oxygen atoms in total. The molecular weight excluding hydrogens is 518 g/mol. The topological polar surface area (TPSA) is 120 Å². The zero-order valence-corrected chi connectivity index (χ0v) is 22.7. The fourth-order valence-corrected chi connectivity index (χ4v) is 5.36. The number of ketones is 1. The summed E-state index contributed by atoms with van der Waals surface area (Å²) >= 11 is 6.54. The molecule has 2 atom stereocenters. The number of carboxylic acid groups (broad SMARTS) is 1. The molecule has 2 aromatic carbocycles. The first-order valence-electron chi connectivity index (χ1n) is 12.8. The molecule has 1 aliphatic heterocycles. The Morgan fingerprint density at radius 2 is 1.87 bits per heavy atom. The molecule has 0 spiro atoms. The summed E-state index contributed by atoms with van der Waals surface area (Å²) in [5.41, 5.74) is 1.01. The van der Waals surface area contributed by atoms with E-state index < -0.39 is 6.09 Å². The molecule has 1 amide bonds. The van der Waals surface area contributed by atoms with E-state index in [2.05, 4.69) is 20.3 Å². The van der Waals surface area contributed by atoms with E-state index in [4.69, 9.17) is 16.3 Å². The van der Waals surface area contributed by atoms with Crippen LogP contribution in [0.5, 0.6) is 11.5 Å². The van der Waals surface area contributed by atoms with E-state index in [-0.39, 0.29) is 28.3 Å². The van der Waals surface area contributed by atoms with Crippen molar-refractivity contribution in [3.8, 4) is 11.5 Å². The Morgan fingerprint density at radius 1 is 1.10 bits per heavy atom. The van der Waals surface area contributed by atoms with Crippen LogP contribution in [0.15, 0.2) is 61.1 Å².